The van der Waals surface area contributed by atoms with Crippen molar-refractivity contribution in [2.45, 2.75) is 18.1 Å². The standard InChI is InChI=1S/C22H15F5N6O2S/c1-3-36(34,35)21-17(20-30-15-8-12(22(25,26)27)10-29-18(15)32(20)2)19-28-5-4-16(33(19)31-21)11-6-13(23)9-14(24)7-11/h4-10H,3H2,1-2H3. The van der Waals surface area contributed by atoms with Gasteiger partial charge in [0, 0.05) is 31.1 Å². The van der Waals surface area contributed by atoms with Crippen LogP contribution in [0.5, 0.6) is 0 Å². The number of halogens is 5. The number of sulfone groups is 1. The van der Waals surface area contributed by atoms with Gasteiger partial charge in [-0.25, -0.2) is 36.7 Å². The summed E-state index contributed by atoms with van der Waals surface area (Å²) < 4.78 is 95.9. The third-order valence-electron chi connectivity index (χ3n) is 5.58. The Morgan fingerprint density at radius 1 is 1.00 bits per heavy atom. The van der Waals surface area contributed by atoms with Crippen molar-refractivity contribution < 1.29 is 30.4 Å². The lowest BCUT2D eigenvalue weighted by Gasteiger charge is -2.06. The summed E-state index contributed by atoms with van der Waals surface area (Å²) in [6.07, 6.45) is -2.71. The number of aromatic nitrogens is 6. The lowest BCUT2D eigenvalue weighted by molar-refractivity contribution is -0.137. The van der Waals surface area contributed by atoms with Crippen LogP contribution in [0, 0.1) is 11.6 Å². The SMILES string of the molecule is CCS(=O)(=O)c1nn2c(-c3cc(F)cc(F)c3)ccnc2c1-c1nc2cc(C(F)(F)F)cnc2n1C. The first-order valence-electron chi connectivity index (χ1n) is 10.4. The number of nitrogens with zero attached hydrogens (tertiary/aromatic N) is 6. The summed E-state index contributed by atoms with van der Waals surface area (Å²) in [7, 11) is -2.55. The Bertz CT molecular complexity index is 1760. The van der Waals surface area contributed by atoms with Gasteiger partial charge in [0.1, 0.15) is 28.5 Å². The Morgan fingerprint density at radius 3 is 2.33 bits per heavy atom. The molecule has 5 rings (SSSR count). The van der Waals surface area contributed by atoms with E-state index in [1.54, 1.807) is 0 Å². The van der Waals surface area contributed by atoms with Gasteiger partial charge in [0.2, 0.25) is 0 Å². The van der Waals surface area contributed by atoms with Crippen molar-refractivity contribution in [3.05, 3.63) is 59.9 Å². The lowest BCUT2D eigenvalue weighted by Crippen LogP contribution is -2.07. The number of imidazole rings is 1. The van der Waals surface area contributed by atoms with Gasteiger partial charge in [-0.2, -0.15) is 18.3 Å². The molecule has 0 aliphatic carbocycles. The van der Waals surface area contributed by atoms with Crippen molar-refractivity contribution in [2.24, 2.45) is 7.05 Å². The van der Waals surface area contributed by atoms with Gasteiger partial charge < -0.3 is 4.57 Å². The number of fused-ring (bicyclic) bond motifs is 2. The van der Waals surface area contributed by atoms with Crippen molar-refractivity contribution in [2.75, 3.05) is 5.75 Å². The fourth-order valence-corrected chi connectivity index (χ4v) is 4.82. The zero-order chi connectivity index (χ0) is 26.0. The second-order valence-corrected chi connectivity index (χ2v) is 10.1. The lowest BCUT2D eigenvalue weighted by atomic mass is 10.1. The molecule has 4 aromatic heterocycles. The summed E-state index contributed by atoms with van der Waals surface area (Å²) in [5.74, 6) is -2.11. The highest BCUT2D eigenvalue weighted by Crippen LogP contribution is 2.36. The minimum absolute atomic E-state index is 0.0290. The topological polar surface area (TPSA) is 95.0 Å². The molecule has 4 heterocycles. The smallest absolute Gasteiger partial charge is 0.312 e. The maximum Gasteiger partial charge on any atom is 0.417 e. The minimum atomic E-state index is -4.66. The molecule has 186 valence electrons. The summed E-state index contributed by atoms with van der Waals surface area (Å²) in [6, 6.07) is 4.98. The van der Waals surface area contributed by atoms with Crippen LogP contribution in [0.25, 0.3) is 39.5 Å². The average molecular weight is 522 g/mol. The normalized spacial score (nSPS) is 12.6. The molecule has 0 aliphatic heterocycles. The predicted octanol–water partition coefficient (Wildman–Crippen LogP) is 4.44. The highest BCUT2D eigenvalue weighted by Gasteiger charge is 2.33. The fourth-order valence-electron chi connectivity index (χ4n) is 3.85. The molecule has 8 nitrogen and oxygen atoms in total. The molecule has 0 saturated heterocycles. The molecule has 0 spiro atoms. The van der Waals surface area contributed by atoms with E-state index in [4.69, 9.17) is 0 Å². The van der Waals surface area contributed by atoms with Crippen molar-refractivity contribution in [3.63, 3.8) is 0 Å². The van der Waals surface area contributed by atoms with Crippen LogP contribution < -0.4 is 0 Å². The third kappa shape index (κ3) is 3.77. The highest BCUT2D eigenvalue weighted by molar-refractivity contribution is 7.91. The van der Waals surface area contributed by atoms with Crippen molar-refractivity contribution in [1.29, 1.82) is 0 Å². The van der Waals surface area contributed by atoms with Crippen LogP contribution in [0.2, 0.25) is 0 Å². The molecule has 0 unspecified atom stereocenters. The molecule has 0 fully saturated rings. The first-order chi connectivity index (χ1) is 16.9. The van der Waals surface area contributed by atoms with Gasteiger partial charge in [-0.05, 0) is 24.3 Å². The van der Waals surface area contributed by atoms with Crippen LogP contribution in [-0.2, 0) is 23.1 Å². The Balaban J connectivity index is 1.86. The zero-order valence-corrected chi connectivity index (χ0v) is 19.4. The van der Waals surface area contributed by atoms with E-state index in [-0.39, 0.29) is 45.2 Å². The van der Waals surface area contributed by atoms with E-state index in [9.17, 15) is 30.4 Å². The van der Waals surface area contributed by atoms with Crippen LogP contribution in [0.1, 0.15) is 12.5 Å². The zero-order valence-electron chi connectivity index (χ0n) is 18.5. The highest BCUT2D eigenvalue weighted by atomic mass is 32.2. The van der Waals surface area contributed by atoms with Gasteiger partial charge in [-0.15, -0.1) is 0 Å². The number of pyridine rings is 1. The van der Waals surface area contributed by atoms with Crippen LogP contribution in [0.4, 0.5) is 22.0 Å². The maximum absolute atomic E-state index is 13.9. The molecule has 0 bridgehead atoms. The third-order valence-corrected chi connectivity index (χ3v) is 7.21. The molecule has 14 heteroatoms. The molecular formula is C22H15F5N6O2S. The number of hydrogen-bond acceptors (Lipinski definition) is 6. The Morgan fingerprint density at radius 2 is 1.69 bits per heavy atom. The largest absolute Gasteiger partial charge is 0.417 e. The van der Waals surface area contributed by atoms with Gasteiger partial charge in [0.25, 0.3) is 0 Å². The quantitative estimate of drug-likeness (QED) is 0.324. The Kier molecular flexibility index (Phi) is 5.32. The molecule has 0 saturated carbocycles. The second kappa shape index (κ2) is 8.05. The summed E-state index contributed by atoms with van der Waals surface area (Å²) in [5.41, 5.74) is -0.979. The molecule has 36 heavy (non-hydrogen) atoms. The van der Waals surface area contributed by atoms with E-state index >= 15 is 0 Å². The summed E-state index contributed by atoms with van der Waals surface area (Å²) in [4.78, 5) is 12.3. The fraction of sp³-hybridized carbons (Fsp3) is 0.182. The molecular weight excluding hydrogens is 507 g/mol. The number of aryl methyl sites for hydroxylation is 1. The van der Waals surface area contributed by atoms with E-state index < -0.39 is 38.2 Å². The van der Waals surface area contributed by atoms with Gasteiger partial charge in [0.15, 0.2) is 26.2 Å². The Labute approximate surface area is 200 Å². The first-order valence-corrected chi connectivity index (χ1v) is 12.0. The monoisotopic (exact) mass is 522 g/mol. The molecule has 0 amide bonds. The van der Waals surface area contributed by atoms with E-state index in [0.717, 1.165) is 22.7 Å². The average Bonchev–Trinajstić information content (AvgIpc) is 3.35. The predicted molar refractivity (Wildman–Crippen MR) is 119 cm³/mol. The number of alkyl halides is 3. The second-order valence-electron chi connectivity index (χ2n) is 7.87. The summed E-state index contributed by atoms with van der Waals surface area (Å²) in [6.45, 7) is 1.39. The van der Waals surface area contributed by atoms with Crippen LogP contribution in [0.15, 0.2) is 47.8 Å². The molecule has 5 aromatic rings. The van der Waals surface area contributed by atoms with E-state index in [2.05, 4.69) is 20.1 Å². The van der Waals surface area contributed by atoms with Crippen LogP contribution >= 0.6 is 0 Å². The Hall–Kier alpha value is -3.94. The van der Waals surface area contributed by atoms with E-state index in [1.807, 2.05) is 0 Å². The number of rotatable bonds is 4. The molecule has 0 aliphatic rings. The van der Waals surface area contributed by atoms with E-state index in [0.29, 0.717) is 12.3 Å². The van der Waals surface area contributed by atoms with Gasteiger partial charge >= 0.3 is 6.18 Å². The van der Waals surface area contributed by atoms with Gasteiger partial charge in [-0.1, -0.05) is 6.92 Å². The number of benzene rings is 1. The van der Waals surface area contributed by atoms with Gasteiger partial charge in [0.05, 0.1) is 17.0 Å². The molecule has 0 atom stereocenters. The van der Waals surface area contributed by atoms with Crippen molar-refractivity contribution in [3.8, 4) is 22.6 Å². The molecule has 1 aromatic carbocycles. The van der Waals surface area contributed by atoms with Crippen molar-refractivity contribution in [1.82, 2.24) is 29.1 Å². The maximum atomic E-state index is 13.9. The first kappa shape index (κ1) is 23.8. The van der Waals surface area contributed by atoms with Crippen LogP contribution in [0.3, 0.4) is 0 Å². The van der Waals surface area contributed by atoms with E-state index in [1.165, 1.54) is 30.8 Å². The summed E-state index contributed by atoms with van der Waals surface area (Å²) in [5, 5.41) is 3.77. The van der Waals surface area contributed by atoms with Crippen molar-refractivity contribution >= 4 is 26.6 Å². The van der Waals surface area contributed by atoms with Gasteiger partial charge in [-0.3, -0.25) is 0 Å². The molecule has 0 radical (unpaired) electrons. The number of hydrogen-bond donors (Lipinski definition) is 0. The van der Waals surface area contributed by atoms with Crippen LogP contribution in [-0.4, -0.2) is 43.3 Å². The minimum Gasteiger partial charge on any atom is -0.312 e. The molecule has 0 N–H and O–H groups in total. The summed E-state index contributed by atoms with van der Waals surface area (Å²) >= 11 is 0.